The molecule has 0 bridgehead atoms. The summed E-state index contributed by atoms with van der Waals surface area (Å²) in [5, 5.41) is 5.86. The number of nitrogens with one attached hydrogen (secondary N) is 3. The summed E-state index contributed by atoms with van der Waals surface area (Å²) < 4.78 is 19.2. The van der Waals surface area contributed by atoms with E-state index in [2.05, 4.69) is 25.6 Å². The van der Waals surface area contributed by atoms with Gasteiger partial charge in [0.05, 0.1) is 11.7 Å². The van der Waals surface area contributed by atoms with Crippen LogP contribution in [0.4, 0.5) is 33.2 Å². The summed E-state index contributed by atoms with van der Waals surface area (Å²) in [5.74, 6) is -1.05. The molecule has 152 valence electrons. The van der Waals surface area contributed by atoms with Gasteiger partial charge < -0.3 is 20.0 Å². The summed E-state index contributed by atoms with van der Waals surface area (Å²) in [6.07, 6.45) is 1.81. The first-order chi connectivity index (χ1) is 14.6. The van der Waals surface area contributed by atoms with Crippen LogP contribution >= 0.6 is 0 Å². The van der Waals surface area contributed by atoms with Crippen molar-refractivity contribution in [1.29, 1.82) is 0 Å². The molecule has 3 N–H and O–H groups in total. The molecule has 4 aromatic rings. The second-order valence-electron chi connectivity index (χ2n) is 6.30. The Bertz CT molecular complexity index is 1250. The van der Waals surface area contributed by atoms with E-state index in [1.165, 1.54) is 0 Å². The van der Waals surface area contributed by atoms with Crippen molar-refractivity contribution in [2.75, 3.05) is 22.1 Å². The average molecular weight is 408 g/mol. The first-order valence-electron chi connectivity index (χ1n) is 9.07. The molecular formula is C20H17FN6O3. The lowest BCUT2D eigenvalue weighted by molar-refractivity contribution is -0.107. The smallest absolute Gasteiger partial charge is 0.408 e. The number of hydrogen-bond donors (Lipinski definition) is 3. The topological polar surface area (TPSA) is 116 Å². The van der Waals surface area contributed by atoms with E-state index in [9.17, 15) is 14.0 Å². The second kappa shape index (κ2) is 8.03. The number of H-pyrrole nitrogens is 1. The SMILES string of the molecule is CCN(C=O)c1ccc(Nc2ncc(F)c(Nc3ccc4oc(=O)[nH]c4c3)n2)cc1. The van der Waals surface area contributed by atoms with Gasteiger partial charge in [-0.25, -0.2) is 14.2 Å². The first kappa shape index (κ1) is 19.1. The van der Waals surface area contributed by atoms with Crippen LogP contribution in [-0.4, -0.2) is 27.9 Å². The summed E-state index contributed by atoms with van der Waals surface area (Å²) in [6, 6.07) is 11.9. The Hall–Kier alpha value is -4.21. The van der Waals surface area contributed by atoms with Gasteiger partial charge in [-0.2, -0.15) is 4.98 Å². The normalized spacial score (nSPS) is 10.7. The molecule has 30 heavy (non-hydrogen) atoms. The summed E-state index contributed by atoms with van der Waals surface area (Å²) in [6.45, 7) is 2.44. The average Bonchev–Trinajstić information content (AvgIpc) is 3.12. The number of nitrogens with zero attached hydrogens (tertiary/aromatic N) is 3. The number of carbonyl (C=O) groups excluding carboxylic acids is 1. The summed E-state index contributed by atoms with van der Waals surface area (Å²) in [7, 11) is 0. The van der Waals surface area contributed by atoms with E-state index in [1.807, 2.05) is 6.92 Å². The highest BCUT2D eigenvalue weighted by atomic mass is 19.1. The fraction of sp³-hybridized carbons (Fsp3) is 0.100. The highest BCUT2D eigenvalue weighted by Crippen LogP contribution is 2.23. The molecule has 4 rings (SSSR count). The second-order valence-corrected chi connectivity index (χ2v) is 6.30. The molecule has 0 aliphatic heterocycles. The fourth-order valence-electron chi connectivity index (χ4n) is 2.86. The van der Waals surface area contributed by atoms with Crippen LogP contribution in [-0.2, 0) is 4.79 Å². The molecule has 0 radical (unpaired) electrons. The van der Waals surface area contributed by atoms with Crippen LogP contribution in [0.25, 0.3) is 11.1 Å². The van der Waals surface area contributed by atoms with Gasteiger partial charge in [-0.05, 0) is 49.4 Å². The highest BCUT2D eigenvalue weighted by Gasteiger charge is 2.10. The van der Waals surface area contributed by atoms with E-state index in [-0.39, 0.29) is 11.8 Å². The summed E-state index contributed by atoms with van der Waals surface area (Å²) in [4.78, 5) is 34.5. The van der Waals surface area contributed by atoms with Gasteiger partial charge in [-0.3, -0.25) is 9.78 Å². The molecule has 0 aliphatic rings. The molecule has 0 spiro atoms. The van der Waals surface area contributed by atoms with Crippen molar-refractivity contribution >= 4 is 46.3 Å². The number of fused-ring (bicyclic) bond motifs is 1. The predicted molar refractivity (Wildman–Crippen MR) is 111 cm³/mol. The molecular weight excluding hydrogens is 391 g/mol. The number of oxazole rings is 1. The zero-order valence-electron chi connectivity index (χ0n) is 15.8. The molecule has 10 heteroatoms. The number of aromatic nitrogens is 3. The standard InChI is InChI=1S/C20H17FN6O3/c1-2-27(11-28)14-6-3-12(4-7-14)24-19-22-10-15(21)18(26-19)23-13-5-8-17-16(9-13)25-20(29)30-17/h3-11H,2H2,1H3,(H,25,29)(H2,22,23,24,26). The Morgan fingerprint density at radius 1 is 1.17 bits per heavy atom. The van der Waals surface area contributed by atoms with E-state index in [4.69, 9.17) is 4.42 Å². The molecule has 0 atom stereocenters. The molecule has 1 amide bonds. The third-order valence-corrected chi connectivity index (χ3v) is 4.35. The van der Waals surface area contributed by atoms with Crippen LogP contribution in [0.15, 0.2) is 57.9 Å². The number of carbonyl (C=O) groups is 1. The lowest BCUT2D eigenvalue weighted by Crippen LogP contribution is -2.19. The molecule has 0 saturated carbocycles. The minimum atomic E-state index is -0.638. The number of halogens is 1. The van der Waals surface area contributed by atoms with Crippen molar-refractivity contribution in [3.05, 3.63) is 65.0 Å². The predicted octanol–water partition coefficient (Wildman–Crippen LogP) is 3.52. The Labute approximate surface area is 169 Å². The van der Waals surface area contributed by atoms with E-state index in [0.717, 1.165) is 18.3 Å². The van der Waals surface area contributed by atoms with Gasteiger partial charge in [0.25, 0.3) is 0 Å². The number of benzene rings is 2. The number of anilines is 5. The van der Waals surface area contributed by atoms with Gasteiger partial charge >= 0.3 is 5.76 Å². The van der Waals surface area contributed by atoms with Gasteiger partial charge in [0.15, 0.2) is 17.2 Å². The molecule has 0 unspecified atom stereocenters. The van der Waals surface area contributed by atoms with Gasteiger partial charge in [0.1, 0.15) is 0 Å². The van der Waals surface area contributed by atoms with Crippen LogP contribution in [0, 0.1) is 5.82 Å². The van der Waals surface area contributed by atoms with Crippen LogP contribution in [0.5, 0.6) is 0 Å². The van der Waals surface area contributed by atoms with Crippen LogP contribution in [0.2, 0.25) is 0 Å². The molecule has 0 fully saturated rings. The Balaban J connectivity index is 1.53. The summed E-state index contributed by atoms with van der Waals surface area (Å²) in [5.41, 5.74) is 2.83. The third-order valence-electron chi connectivity index (χ3n) is 4.35. The van der Waals surface area contributed by atoms with Crippen molar-refractivity contribution in [3.63, 3.8) is 0 Å². The minimum Gasteiger partial charge on any atom is -0.408 e. The van der Waals surface area contributed by atoms with Crippen molar-refractivity contribution in [2.24, 2.45) is 0 Å². The van der Waals surface area contributed by atoms with Crippen molar-refractivity contribution in [1.82, 2.24) is 15.0 Å². The maximum atomic E-state index is 14.2. The van der Waals surface area contributed by atoms with Gasteiger partial charge in [0, 0.05) is 23.6 Å². The van der Waals surface area contributed by atoms with Gasteiger partial charge in [-0.15, -0.1) is 0 Å². The van der Waals surface area contributed by atoms with E-state index < -0.39 is 11.6 Å². The lowest BCUT2D eigenvalue weighted by atomic mass is 10.2. The van der Waals surface area contributed by atoms with Gasteiger partial charge in [-0.1, -0.05) is 0 Å². The number of amides is 1. The largest absolute Gasteiger partial charge is 0.417 e. The van der Waals surface area contributed by atoms with Crippen molar-refractivity contribution in [3.8, 4) is 0 Å². The number of rotatable bonds is 7. The Morgan fingerprint density at radius 3 is 2.67 bits per heavy atom. The van der Waals surface area contributed by atoms with E-state index in [0.29, 0.717) is 29.0 Å². The van der Waals surface area contributed by atoms with Crippen molar-refractivity contribution < 1.29 is 13.6 Å². The highest BCUT2D eigenvalue weighted by molar-refractivity contribution is 5.78. The number of aromatic amines is 1. The summed E-state index contributed by atoms with van der Waals surface area (Å²) >= 11 is 0. The van der Waals surface area contributed by atoms with Crippen LogP contribution in [0.3, 0.4) is 0 Å². The number of hydrogen-bond acceptors (Lipinski definition) is 7. The lowest BCUT2D eigenvalue weighted by Gasteiger charge is -2.15. The third kappa shape index (κ3) is 3.97. The van der Waals surface area contributed by atoms with Crippen LogP contribution < -0.4 is 21.3 Å². The van der Waals surface area contributed by atoms with E-state index in [1.54, 1.807) is 47.4 Å². The maximum absolute atomic E-state index is 14.2. The molecule has 2 aromatic heterocycles. The first-order valence-corrected chi connectivity index (χ1v) is 9.07. The zero-order chi connectivity index (χ0) is 21.1. The zero-order valence-corrected chi connectivity index (χ0v) is 15.8. The van der Waals surface area contributed by atoms with Gasteiger partial charge in [0.2, 0.25) is 12.4 Å². The Morgan fingerprint density at radius 2 is 1.93 bits per heavy atom. The molecule has 9 nitrogen and oxygen atoms in total. The monoisotopic (exact) mass is 408 g/mol. The maximum Gasteiger partial charge on any atom is 0.417 e. The van der Waals surface area contributed by atoms with E-state index >= 15 is 0 Å². The Kier molecular flexibility index (Phi) is 5.12. The van der Waals surface area contributed by atoms with Crippen molar-refractivity contribution in [2.45, 2.75) is 6.92 Å². The molecule has 2 aromatic carbocycles. The quantitative estimate of drug-likeness (QED) is 0.401. The fourth-order valence-corrected chi connectivity index (χ4v) is 2.86. The molecule has 0 saturated heterocycles. The molecule has 2 heterocycles. The molecule has 0 aliphatic carbocycles. The van der Waals surface area contributed by atoms with Crippen LogP contribution in [0.1, 0.15) is 6.92 Å². The minimum absolute atomic E-state index is 0.0348.